The molecule has 3 N–H and O–H groups in total. The van der Waals surface area contributed by atoms with E-state index in [1.165, 1.54) is 0 Å². The minimum atomic E-state index is -0.515. The third-order valence-electron chi connectivity index (χ3n) is 3.95. The summed E-state index contributed by atoms with van der Waals surface area (Å²) >= 11 is 0. The first-order chi connectivity index (χ1) is 10.4. The predicted octanol–water partition coefficient (Wildman–Crippen LogP) is 2.43. The van der Waals surface area contributed by atoms with Crippen molar-refractivity contribution in [3.63, 3.8) is 0 Å². The van der Waals surface area contributed by atoms with Gasteiger partial charge in [-0.1, -0.05) is 12.1 Å². The second-order valence-corrected chi connectivity index (χ2v) is 6.47. The molecule has 2 rings (SSSR count). The van der Waals surface area contributed by atoms with E-state index < -0.39 is 5.54 Å². The highest BCUT2D eigenvalue weighted by Crippen LogP contribution is 2.39. The molecular formula is C17H26N2O3. The van der Waals surface area contributed by atoms with Crippen molar-refractivity contribution >= 4 is 6.03 Å². The summed E-state index contributed by atoms with van der Waals surface area (Å²) in [7, 11) is 0. The lowest BCUT2D eigenvalue weighted by molar-refractivity contribution is 0.155. The normalized spacial score (nSPS) is 17.0. The Hall–Kier alpha value is -1.75. The fourth-order valence-electron chi connectivity index (χ4n) is 2.44. The number of amides is 2. The van der Waals surface area contributed by atoms with Gasteiger partial charge >= 0.3 is 6.03 Å². The molecule has 0 spiro atoms. The first-order valence-electron chi connectivity index (χ1n) is 7.85. The predicted molar refractivity (Wildman–Crippen MR) is 85.8 cm³/mol. The highest BCUT2D eigenvalue weighted by molar-refractivity contribution is 5.74. The molecule has 1 aliphatic rings. The van der Waals surface area contributed by atoms with Gasteiger partial charge in [-0.2, -0.15) is 0 Å². The maximum Gasteiger partial charge on any atom is 0.315 e. The maximum absolute atomic E-state index is 12.0. The molecule has 1 fully saturated rings. The number of aliphatic hydroxyl groups is 1. The lowest BCUT2D eigenvalue weighted by atomic mass is 9.97. The number of carbonyl (C=O) groups excluding carboxylic acids is 1. The van der Waals surface area contributed by atoms with Crippen molar-refractivity contribution in [3.05, 3.63) is 29.8 Å². The molecule has 1 saturated carbocycles. The molecule has 0 heterocycles. The molecule has 5 nitrogen and oxygen atoms in total. The molecular weight excluding hydrogens is 280 g/mol. The minimum Gasteiger partial charge on any atom is -0.491 e. The van der Waals surface area contributed by atoms with Crippen LogP contribution in [0.15, 0.2) is 24.3 Å². The summed E-state index contributed by atoms with van der Waals surface area (Å²) in [5.41, 5.74) is 0.488. The molecule has 1 aromatic carbocycles. The Morgan fingerprint density at radius 2 is 2.00 bits per heavy atom. The highest BCUT2D eigenvalue weighted by Gasteiger charge is 2.42. The van der Waals surface area contributed by atoms with E-state index in [2.05, 4.69) is 10.6 Å². The average Bonchev–Trinajstić information content (AvgIpc) is 3.31. The number of ether oxygens (including phenoxy) is 1. The van der Waals surface area contributed by atoms with Crippen LogP contribution < -0.4 is 15.4 Å². The van der Waals surface area contributed by atoms with E-state index in [4.69, 9.17) is 4.74 Å². The van der Waals surface area contributed by atoms with Crippen LogP contribution in [0.3, 0.4) is 0 Å². The van der Waals surface area contributed by atoms with Crippen molar-refractivity contribution in [2.45, 2.75) is 51.8 Å². The van der Waals surface area contributed by atoms with Gasteiger partial charge in [0.05, 0.1) is 18.2 Å². The molecule has 0 radical (unpaired) electrons. The Balaban J connectivity index is 1.80. The summed E-state index contributed by atoms with van der Waals surface area (Å²) in [6, 6.07) is 7.42. The molecule has 0 aromatic heterocycles. The van der Waals surface area contributed by atoms with E-state index in [0.717, 1.165) is 24.2 Å². The molecule has 1 aliphatic carbocycles. The smallest absolute Gasteiger partial charge is 0.315 e. The standard InChI is InChI=1S/C17H26N2O3/c1-12(2)22-15-8-4-13(5-9-15)10-18-16(21)19-17(3,11-20)14-6-7-14/h4-5,8-9,12,14,20H,6-7,10-11H2,1-3H3,(H2,18,19,21). The van der Waals surface area contributed by atoms with Crippen LogP contribution >= 0.6 is 0 Å². The van der Waals surface area contributed by atoms with E-state index in [-0.39, 0.29) is 18.7 Å². The minimum absolute atomic E-state index is 0.0354. The van der Waals surface area contributed by atoms with Crippen LogP contribution in [0.1, 0.15) is 39.2 Å². The molecule has 1 unspecified atom stereocenters. The highest BCUT2D eigenvalue weighted by atomic mass is 16.5. The van der Waals surface area contributed by atoms with Crippen LogP contribution in [0.5, 0.6) is 5.75 Å². The van der Waals surface area contributed by atoms with Crippen LogP contribution in [-0.2, 0) is 6.54 Å². The van der Waals surface area contributed by atoms with Crippen LogP contribution in [0.2, 0.25) is 0 Å². The van der Waals surface area contributed by atoms with Crippen molar-refractivity contribution in [2.75, 3.05) is 6.61 Å². The van der Waals surface area contributed by atoms with Gasteiger partial charge in [-0.15, -0.1) is 0 Å². The van der Waals surface area contributed by atoms with Crippen molar-refractivity contribution in [2.24, 2.45) is 5.92 Å². The second kappa shape index (κ2) is 7.01. The SMILES string of the molecule is CC(C)Oc1ccc(CNC(=O)NC(C)(CO)C2CC2)cc1. The lowest BCUT2D eigenvalue weighted by Gasteiger charge is -2.28. The Kier molecular flexibility index (Phi) is 5.29. The molecule has 0 bridgehead atoms. The van der Waals surface area contributed by atoms with Gasteiger partial charge in [-0.3, -0.25) is 0 Å². The lowest BCUT2D eigenvalue weighted by Crippen LogP contribution is -2.53. The van der Waals surface area contributed by atoms with E-state index in [0.29, 0.717) is 12.5 Å². The van der Waals surface area contributed by atoms with Gasteiger partial charge in [0.1, 0.15) is 5.75 Å². The Morgan fingerprint density at radius 1 is 1.36 bits per heavy atom. The molecule has 1 aromatic rings. The van der Waals surface area contributed by atoms with Crippen LogP contribution in [-0.4, -0.2) is 29.4 Å². The number of hydrogen-bond donors (Lipinski definition) is 3. The molecule has 122 valence electrons. The van der Waals surface area contributed by atoms with Crippen molar-refractivity contribution in [3.8, 4) is 5.75 Å². The Bertz CT molecular complexity index is 497. The van der Waals surface area contributed by atoms with E-state index >= 15 is 0 Å². The zero-order valence-electron chi connectivity index (χ0n) is 13.6. The third-order valence-corrected chi connectivity index (χ3v) is 3.95. The molecule has 1 atom stereocenters. The van der Waals surface area contributed by atoms with Gasteiger partial charge in [0.25, 0.3) is 0 Å². The van der Waals surface area contributed by atoms with Crippen molar-refractivity contribution in [1.82, 2.24) is 10.6 Å². The Morgan fingerprint density at radius 3 is 2.50 bits per heavy atom. The summed E-state index contributed by atoms with van der Waals surface area (Å²) in [6.07, 6.45) is 2.27. The monoisotopic (exact) mass is 306 g/mol. The number of benzene rings is 1. The van der Waals surface area contributed by atoms with Crippen molar-refractivity contribution < 1.29 is 14.6 Å². The zero-order chi connectivity index (χ0) is 16.2. The number of aliphatic hydroxyl groups excluding tert-OH is 1. The number of rotatable bonds is 7. The summed E-state index contributed by atoms with van der Waals surface area (Å²) in [4.78, 5) is 12.0. The quantitative estimate of drug-likeness (QED) is 0.724. The molecule has 0 aliphatic heterocycles. The largest absolute Gasteiger partial charge is 0.491 e. The van der Waals surface area contributed by atoms with Gasteiger partial charge in [-0.25, -0.2) is 4.79 Å². The fraction of sp³-hybridized carbons (Fsp3) is 0.588. The van der Waals surface area contributed by atoms with E-state index in [1.54, 1.807) is 0 Å². The van der Waals surface area contributed by atoms with Crippen LogP contribution in [0.25, 0.3) is 0 Å². The number of nitrogens with one attached hydrogen (secondary N) is 2. The van der Waals surface area contributed by atoms with Gasteiger partial charge in [-0.05, 0) is 57.2 Å². The van der Waals surface area contributed by atoms with E-state index in [9.17, 15) is 9.90 Å². The Labute approximate surface area is 132 Å². The molecule has 0 saturated heterocycles. The average molecular weight is 306 g/mol. The summed E-state index contributed by atoms with van der Waals surface area (Å²) in [6.45, 7) is 6.27. The van der Waals surface area contributed by atoms with Gasteiger partial charge in [0, 0.05) is 6.54 Å². The fourth-order valence-corrected chi connectivity index (χ4v) is 2.44. The molecule has 22 heavy (non-hydrogen) atoms. The van der Waals surface area contributed by atoms with Gasteiger partial charge in [0.2, 0.25) is 0 Å². The first-order valence-corrected chi connectivity index (χ1v) is 7.85. The van der Waals surface area contributed by atoms with Gasteiger partial charge in [0.15, 0.2) is 0 Å². The second-order valence-electron chi connectivity index (χ2n) is 6.47. The van der Waals surface area contributed by atoms with E-state index in [1.807, 2.05) is 45.0 Å². The number of carbonyl (C=O) groups is 1. The van der Waals surface area contributed by atoms with Crippen LogP contribution in [0, 0.1) is 5.92 Å². The summed E-state index contributed by atoms with van der Waals surface area (Å²) in [5.74, 6) is 1.21. The summed E-state index contributed by atoms with van der Waals surface area (Å²) in [5, 5.41) is 15.2. The van der Waals surface area contributed by atoms with Crippen LogP contribution in [0.4, 0.5) is 4.79 Å². The number of urea groups is 1. The topological polar surface area (TPSA) is 70.6 Å². The first kappa shape index (κ1) is 16.6. The van der Waals surface area contributed by atoms with Crippen molar-refractivity contribution in [1.29, 1.82) is 0 Å². The summed E-state index contributed by atoms with van der Waals surface area (Å²) < 4.78 is 5.58. The zero-order valence-corrected chi connectivity index (χ0v) is 13.6. The maximum atomic E-state index is 12.0. The number of hydrogen-bond acceptors (Lipinski definition) is 3. The molecule has 5 heteroatoms. The van der Waals surface area contributed by atoms with Gasteiger partial charge < -0.3 is 20.5 Å². The third kappa shape index (κ3) is 4.63. The molecule has 2 amide bonds.